The van der Waals surface area contributed by atoms with Crippen molar-refractivity contribution in [1.82, 2.24) is 9.13 Å². The van der Waals surface area contributed by atoms with Crippen LogP contribution in [0.25, 0.3) is 66.1 Å². The molecule has 0 amide bonds. The Morgan fingerprint density at radius 1 is 0.390 bits per heavy atom. The fraction of sp³-hybridized carbons (Fsp3) is 0.0526. The van der Waals surface area contributed by atoms with Gasteiger partial charge in [0.15, 0.2) is 0 Å². The van der Waals surface area contributed by atoms with E-state index in [-0.39, 0.29) is 0 Å². The smallest absolute Gasteiger partial charge is 0.0552 e. The molecule has 0 unspecified atom stereocenters. The van der Waals surface area contributed by atoms with Crippen LogP contribution in [-0.4, -0.2) is 9.13 Å². The van der Waals surface area contributed by atoms with Gasteiger partial charge in [-0.05, 0) is 77.9 Å². The number of nitrogens with zero attached hydrogens (tertiary/aromatic N) is 2. The van der Waals surface area contributed by atoms with Gasteiger partial charge in [-0.2, -0.15) is 0 Å². The zero-order valence-corrected chi connectivity index (χ0v) is 24.6. The Balaban J connectivity index is 0.00000135. The Morgan fingerprint density at radius 3 is 1.44 bits per heavy atom. The molecule has 2 nitrogen and oxygen atoms in total. The summed E-state index contributed by atoms with van der Waals surface area (Å²) in [5.41, 5.74) is 9.63. The molecule has 8 rings (SSSR count). The van der Waals surface area contributed by atoms with Crippen LogP contribution in [0.15, 0.2) is 144 Å². The fourth-order valence-electron chi connectivity index (χ4n) is 6.04. The summed E-state index contributed by atoms with van der Waals surface area (Å²) in [5, 5.41) is 5.04. The first-order valence-corrected chi connectivity index (χ1v) is 14.9. The number of para-hydroxylation sites is 3. The molecule has 2 heterocycles. The zero-order chi connectivity index (χ0) is 27.9. The molecule has 41 heavy (non-hydrogen) atoms. The van der Waals surface area contributed by atoms with Gasteiger partial charge in [0.2, 0.25) is 0 Å². The minimum atomic E-state index is 1.08. The number of hydrogen-bond acceptors (Lipinski definition) is 0. The van der Waals surface area contributed by atoms with Gasteiger partial charge in [0.05, 0.1) is 22.1 Å². The Bertz CT molecular complexity index is 2170. The third-order valence-electron chi connectivity index (χ3n) is 7.76. The second-order valence-electron chi connectivity index (χ2n) is 9.98. The maximum atomic E-state index is 3.69. The van der Waals surface area contributed by atoms with Crippen LogP contribution in [0.4, 0.5) is 0 Å². The first-order chi connectivity index (χ1) is 20.3. The second-order valence-corrected chi connectivity index (χ2v) is 10.9. The molecule has 0 radical (unpaired) electrons. The molecule has 0 aliphatic carbocycles. The average Bonchev–Trinajstić information content (AvgIpc) is 3.54. The van der Waals surface area contributed by atoms with Crippen LogP contribution in [0.5, 0.6) is 0 Å². The van der Waals surface area contributed by atoms with Crippen molar-refractivity contribution in [2.75, 3.05) is 0 Å². The Hall–Kier alpha value is -4.60. The van der Waals surface area contributed by atoms with Crippen molar-refractivity contribution in [2.45, 2.75) is 13.8 Å². The summed E-state index contributed by atoms with van der Waals surface area (Å²) in [6.45, 7) is 4.00. The summed E-state index contributed by atoms with van der Waals surface area (Å²) in [5.74, 6) is 0. The van der Waals surface area contributed by atoms with Crippen molar-refractivity contribution in [1.29, 1.82) is 0 Å². The largest absolute Gasteiger partial charge is 0.309 e. The summed E-state index contributed by atoms with van der Waals surface area (Å²) in [6.07, 6.45) is 0. The van der Waals surface area contributed by atoms with Gasteiger partial charge < -0.3 is 9.13 Å². The van der Waals surface area contributed by atoms with Crippen molar-refractivity contribution in [3.63, 3.8) is 0 Å². The van der Waals surface area contributed by atoms with Gasteiger partial charge in [0, 0.05) is 37.4 Å². The standard InChI is InChI=1S/C36H23BrN2.C2H6/c37-26-17-18-30-32-22-25(16-20-35(32)39(36(30)23-26)28-11-5-2-6-12-28)24-15-19-34-31(21-24)29-13-7-8-14-33(29)38(34)27-9-3-1-4-10-27;1-2/h1-23H;1-2H3. The van der Waals surface area contributed by atoms with Gasteiger partial charge in [-0.1, -0.05) is 103 Å². The minimum Gasteiger partial charge on any atom is -0.309 e. The molecule has 2 aromatic heterocycles. The quantitative estimate of drug-likeness (QED) is 0.193. The first-order valence-electron chi connectivity index (χ1n) is 14.1. The molecule has 0 spiro atoms. The number of halogens is 1. The van der Waals surface area contributed by atoms with E-state index in [1.165, 1.54) is 66.1 Å². The van der Waals surface area contributed by atoms with E-state index in [0.29, 0.717) is 0 Å². The monoisotopic (exact) mass is 592 g/mol. The molecule has 0 saturated heterocycles. The third-order valence-corrected chi connectivity index (χ3v) is 8.26. The van der Waals surface area contributed by atoms with Crippen molar-refractivity contribution in [3.05, 3.63) is 144 Å². The van der Waals surface area contributed by atoms with E-state index in [0.717, 1.165) is 4.47 Å². The lowest BCUT2D eigenvalue weighted by atomic mass is 10.0. The van der Waals surface area contributed by atoms with E-state index in [1.807, 2.05) is 13.8 Å². The van der Waals surface area contributed by atoms with Gasteiger partial charge in [0.1, 0.15) is 0 Å². The van der Waals surface area contributed by atoms with Gasteiger partial charge in [-0.25, -0.2) is 0 Å². The summed E-state index contributed by atoms with van der Waals surface area (Å²) < 4.78 is 5.80. The van der Waals surface area contributed by atoms with E-state index in [4.69, 9.17) is 0 Å². The molecule has 6 aromatic carbocycles. The van der Waals surface area contributed by atoms with Crippen molar-refractivity contribution >= 4 is 59.5 Å². The lowest BCUT2D eigenvalue weighted by Crippen LogP contribution is -1.93. The third kappa shape index (κ3) is 4.16. The highest BCUT2D eigenvalue weighted by molar-refractivity contribution is 9.10. The van der Waals surface area contributed by atoms with Gasteiger partial charge >= 0.3 is 0 Å². The van der Waals surface area contributed by atoms with Crippen LogP contribution >= 0.6 is 15.9 Å². The average molecular weight is 594 g/mol. The predicted octanol–water partition coefficient (Wildman–Crippen LogP) is 11.3. The summed E-state index contributed by atoms with van der Waals surface area (Å²) in [4.78, 5) is 0. The molecule has 198 valence electrons. The predicted molar refractivity (Wildman–Crippen MR) is 180 cm³/mol. The Labute approximate surface area is 248 Å². The molecule has 0 saturated carbocycles. The molecule has 0 N–H and O–H groups in total. The van der Waals surface area contributed by atoms with E-state index in [2.05, 4.69) is 165 Å². The maximum absolute atomic E-state index is 3.69. The van der Waals surface area contributed by atoms with Gasteiger partial charge in [0.25, 0.3) is 0 Å². The van der Waals surface area contributed by atoms with E-state index in [1.54, 1.807) is 0 Å². The Morgan fingerprint density at radius 2 is 0.854 bits per heavy atom. The van der Waals surface area contributed by atoms with Crippen molar-refractivity contribution in [3.8, 4) is 22.5 Å². The molecule has 0 aliphatic heterocycles. The Kier molecular flexibility index (Phi) is 6.45. The normalized spacial score (nSPS) is 11.3. The van der Waals surface area contributed by atoms with Crippen LogP contribution in [0.3, 0.4) is 0 Å². The fourth-order valence-corrected chi connectivity index (χ4v) is 6.39. The molecule has 0 bridgehead atoms. The SMILES string of the molecule is Brc1ccc2c3cc(-c4ccc5c(c4)c4ccccc4n5-c4ccccc4)ccc3n(-c3ccccc3)c2c1.CC. The topological polar surface area (TPSA) is 9.86 Å². The highest BCUT2D eigenvalue weighted by Gasteiger charge is 2.16. The molecule has 3 heteroatoms. The van der Waals surface area contributed by atoms with Crippen LogP contribution in [-0.2, 0) is 0 Å². The molecular weight excluding hydrogens is 564 g/mol. The number of benzene rings is 6. The van der Waals surface area contributed by atoms with Crippen LogP contribution in [0.2, 0.25) is 0 Å². The lowest BCUT2D eigenvalue weighted by molar-refractivity contribution is 1.18. The number of fused-ring (bicyclic) bond motifs is 6. The minimum absolute atomic E-state index is 1.08. The van der Waals surface area contributed by atoms with Gasteiger partial charge in [-0.15, -0.1) is 0 Å². The molecular formula is C38H29BrN2. The maximum Gasteiger partial charge on any atom is 0.0552 e. The molecule has 8 aromatic rings. The van der Waals surface area contributed by atoms with E-state index >= 15 is 0 Å². The van der Waals surface area contributed by atoms with E-state index < -0.39 is 0 Å². The highest BCUT2D eigenvalue weighted by Crippen LogP contribution is 2.38. The number of hydrogen-bond donors (Lipinski definition) is 0. The lowest BCUT2D eigenvalue weighted by Gasteiger charge is -2.09. The van der Waals surface area contributed by atoms with Crippen LogP contribution in [0.1, 0.15) is 13.8 Å². The summed E-state index contributed by atoms with van der Waals surface area (Å²) in [6, 6.07) is 50.2. The number of aromatic nitrogens is 2. The number of rotatable bonds is 3. The van der Waals surface area contributed by atoms with Crippen LogP contribution in [0, 0.1) is 0 Å². The van der Waals surface area contributed by atoms with Gasteiger partial charge in [-0.3, -0.25) is 0 Å². The molecule has 0 aliphatic rings. The molecule has 0 atom stereocenters. The van der Waals surface area contributed by atoms with Crippen molar-refractivity contribution < 1.29 is 0 Å². The summed E-state index contributed by atoms with van der Waals surface area (Å²) in [7, 11) is 0. The van der Waals surface area contributed by atoms with Crippen molar-refractivity contribution in [2.24, 2.45) is 0 Å². The highest BCUT2D eigenvalue weighted by atomic mass is 79.9. The van der Waals surface area contributed by atoms with Crippen LogP contribution < -0.4 is 0 Å². The first kappa shape index (κ1) is 25.4. The zero-order valence-electron chi connectivity index (χ0n) is 23.1. The summed E-state index contributed by atoms with van der Waals surface area (Å²) >= 11 is 3.69. The second kappa shape index (κ2) is 10.4. The molecule has 0 fully saturated rings. The van der Waals surface area contributed by atoms with E-state index in [9.17, 15) is 0 Å².